The number of carboxylic acids is 1. The van der Waals surface area contributed by atoms with Crippen molar-refractivity contribution in [3.05, 3.63) is 54.1 Å². The topological polar surface area (TPSA) is 287 Å². The van der Waals surface area contributed by atoms with E-state index in [2.05, 4.69) is 21.3 Å². The van der Waals surface area contributed by atoms with Gasteiger partial charge < -0.3 is 59.7 Å². The molecule has 6 amide bonds. The summed E-state index contributed by atoms with van der Waals surface area (Å²) in [4.78, 5) is 88.4. The monoisotopic (exact) mass is 799 g/mol. The van der Waals surface area contributed by atoms with Gasteiger partial charge in [-0.15, -0.1) is 0 Å². The molecule has 2 aromatic rings. The lowest BCUT2D eigenvalue weighted by atomic mass is 10.0. The van der Waals surface area contributed by atoms with Crippen LogP contribution in [-0.2, 0) is 44.8 Å². The third kappa shape index (κ3) is 11.1. The molecule has 21 heteroatoms. The maximum absolute atomic E-state index is 13.2. The minimum atomic E-state index is -1.69. The number of imide groups is 1. The predicted octanol–water partition coefficient (Wildman–Crippen LogP) is 0.727. The number of carbonyl (C=O) groups is 7. The Balaban J connectivity index is 1.25. The molecule has 0 spiro atoms. The van der Waals surface area contributed by atoms with E-state index < -0.39 is 97.4 Å². The van der Waals surface area contributed by atoms with Crippen LogP contribution in [0.5, 0.6) is 17.2 Å². The zero-order valence-electron chi connectivity index (χ0n) is 30.8. The summed E-state index contributed by atoms with van der Waals surface area (Å²) in [6.07, 6.45) is -7.04. The number of aliphatic hydroxyl groups excluding tert-OH is 2. The maximum Gasteiger partial charge on any atom is 0.412 e. The second-order valence-corrected chi connectivity index (χ2v) is 13.7. The van der Waals surface area contributed by atoms with Crippen LogP contribution in [0.15, 0.2) is 48.6 Å². The van der Waals surface area contributed by atoms with Gasteiger partial charge in [-0.25, -0.2) is 14.4 Å². The summed E-state index contributed by atoms with van der Waals surface area (Å²) >= 11 is 0. The van der Waals surface area contributed by atoms with Crippen molar-refractivity contribution in [3.63, 3.8) is 0 Å². The maximum atomic E-state index is 13.2. The molecule has 1 saturated heterocycles. The number of para-hydroxylation sites is 1. The molecule has 2 aromatic carbocycles. The Morgan fingerprint density at radius 1 is 0.947 bits per heavy atom. The zero-order valence-corrected chi connectivity index (χ0v) is 30.8. The van der Waals surface area contributed by atoms with Crippen molar-refractivity contribution >= 4 is 53.2 Å². The van der Waals surface area contributed by atoms with E-state index in [4.69, 9.17) is 28.4 Å². The van der Waals surface area contributed by atoms with Gasteiger partial charge in [0.2, 0.25) is 24.9 Å². The Hall–Kier alpha value is -6.45. The number of carbonyl (C=O) groups excluding carboxylic acids is 6. The minimum Gasteiger partial charge on any atom is -0.479 e. The predicted molar refractivity (Wildman–Crippen MR) is 192 cm³/mol. The summed E-state index contributed by atoms with van der Waals surface area (Å²) < 4.78 is 32.3. The molecule has 5 rings (SSSR count). The van der Waals surface area contributed by atoms with E-state index >= 15 is 0 Å². The molecule has 21 nitrogen and oxygen atoms in total. The van der Waals surface area contributed by atoms with Gasteiger partial charge in [-0.3, -0.25) is 29.4 Å². The van der Waals surface area contributed by atoms with E-state index in [1.54, 1.807) is 39.0 Å². The SMILES string of the molecule is CC(C)(C)OC(=O)NC[C@H](C(=O)NCCC(=O)Nc1cc(COC(=O)Nc2cccc3c2OCO3)ccc1OC1OC(C(=O)O)CC(O)[C@H]1O)N1C(=O)C=CC1=O. The number of carboxylic acid groups (broad SMARTS) is 1. The molecule has 3 aliphatic heterocycles. The first-order valence-electron chi connectivity index (χ1n) is 17.4. The molecule has 7 N–H and O–H groups in total. The Bertz CT molecular complexity index is 1910. The Morgan fingerprint density at radius 2 is 1.68 bits per heavy atom. The van der Waals surface area contributed by atoms with Gasteiger partial charge in [-0.1, -0.05) is 12.1 Å². The van der Waals surface area contributed by atoms with Crippen molar-refractivity contribution in [2.45, 2.75) is 76.5 Å². The van der Waals surface area contributed by atoms with E-state index in [0.29, 0.717) is 27.6 Å². The first-order valence-corrected chi connectivity index (χ1v) is 17.4. The highest BCUT2D eigenvalue weighted by Gasteiger charge is 2.42. The largest absolute Gasteiger partial charge is 0.479 e. The zero-order chi connectivity index (χ0) is 41.4. The Kier molecular flexibility index (Phi) is 13.2. The average Bonchev–Trinajstić information content (AvgIpc) is 3.76. The lowest BCUT2D eigenvalue weighted by molar-refractivity contribution is -0.238. The van der Waals surface area contributed by atoms with Crippen LogP contribution in [0.1, 0.15) is 39.2 Å². The van der Waals surface area contributed by atoms with Crippen LogP contribution in [0.3, 0.4) is 0 Å². The average molecular weight is 800 g/mol. The number of hydrogen-bond donors (Lipinski definition) is 7. The van der Waals surface area contributed by atoms with Crippen molar-refractivity contribution in [2.24, 2.45) is 0 Å². The third-order valence-corrected chi connectivity index (χ3v) is 8.21. The van der Waals surface area contributed by atoms with Crippen LogP contribution in [0.2, 0.25) is 0 Å². The van der Waals surface area contributed by atoms with Gasteiger partial charge in [0.1, 0.15) is 30.1 Å². The number of nitrogens with one attached hydrogen (secondary N) is 4. The lowest BCUT2D eigenvalue weighted by Gasteiger charge is -2.35. The van der Waals surface area contributed by atoms with Crippen LogP contribution < -0.4 is 35.5 Å². The fourth-order valence-corrected chi connectivity index (χ4v) is 5.55. The first-order chi connectivity index (χ1) is 27.0. The molecule has 0 aromatic heterocycles. The Morgan fingerprint density at radius 3 is 2.39 bits per heavy atom. The van der Waals surface area contributed by atoms with Gasteiger partial charge >= 0.3 is 18.2 Å². The number of hydrogen-bond acceptors (Lipinski definition) is 15. The number of aliphatic hydroxyl groups is 2. The number of aliphatic carboxylic acids is 1. The first kappa shape index (κ1) is 41.7. The number of fused-ring (bicyclic) bond motifs is 1. The number of rotatable bonds is 14. The molecule has 3 heterocycles. The summed E-state index contributed by atoms with van der Waals surface area (Å²) in [5, 5.41) is 40.1. The highest BCUT2D eigenvalue weighted by molar-refractivity contribution is 6.15. The van der Waals surface area contributed by atoms with E-state index in [1.165, 1.54) is 18.2 Å². The van der Waals surface area contributed by atoms with Crippen molar-refractivity contribution in [2.75, 3.05) is 30.5 Å². The van der Waals surface area contributed by atoms with Gasteiger partial charge in [0, 0.05) is 31.5 Å². The van der Waals surface area contributed by atoms with Crippen LogP contribution in [-0.4, -0.2) is 118 Å². The van der Waals surface area contributed by atoms with Crippen LogP contribution in [0.25, 0.3) is 0 Å². The molecule has 0 bridgehead atoms. The third-order valence-electron chi connectivity index (χ3n) is 8.21. The fourth-order valence-electron chi connectivity index (χ4n) is 5.55. The van der Waals surface area contributed by atoms with Crippen LogP contribution in [0, 0.1) is 0 Å². The van der Waals surface area contributed by atoms with E-state index in [1.807, 2.05) is 0 Å². The molecular weight excluding hydrogens is 758 g/mol. The summed E-state index contributed by atoms with van der Waals surface area (Å²) in [7, 11) is 0. The Labute approximate surface area is 324 Å². The van der Waals surface area contributed by atoms with Gasteiger partial charge in [0.15, 0.2) is 17.6 Å². The van der Waals surface area contributed by atoms with Gasteiger partial charge in [0.25, 0.3) is 11.8 Å². The van der Waals surface area contributed by atoms with Crippen molar-refractivity contribution in [1.29, 1.82) is 0 Å². The number of nitrogens with zero attached hydrogens (tertiary/aromatic N) is 1. The van der Waals surface area contributed by atoms with E-state index in [9.17, 15) is 48.9 Å². The molecular formula is C36H41N5O16. The smallest absolute Gasteiger partial charge is 0.412 e. The normalized spacial score (nSPS) is 20.3. The molecule has 5 atom stereocenters. The van der Waals surface area contributed by atoms with Crippen LogP contribution >= 0.6 is 0 Å². The second-order valence-electron chi connectivity index (χ2n) is 13.7. The highest BCUT2D eigenvalue weighted by Crippen LogP contribution is 2.39. The van der Waals surface area contributed by atoms with Crippen LogP contribution in [0.4, 0.5) is 21.0 Å². The molecule has 57 heavy (non-hydrogen) atoms. The minimum absolute atomic E-state index is 0.0244. The number of benzene rings is 2. The summed E-state index contributed by atoms with van der Waals surface area (Å²) in [5.74, 6) is -3.98. The van der Waals surface area contributed by atoms with Crippen molar-refractivity contribution < 1.29 is 77.3 Å². The number of ether oxygens (including phenoxy) is 6. The molecule has 0 aliphatic carbocycles. The van der Waals surface area contributed by atoms with Crippen molar-refractivity contribution in [3.8, 4) is 17.2 Å². The van der Waals surface area contributed by atoms with E-state index in [0.717, 1.165) is 12.2 Å². The molecule has 1 fully saturated rings. The number of anilines is 2. The van der Waals surface area contributed by atoms with E-state index in [-0.39, 0.29) is 31.4 Å². The summed E-state index contributed by atoms with van der Waals surface area (Å²) in [6.45, 7) is 3.67. The number of alkyl carbamates (subject to hydrolysis) is 1. The van der Waals surface area contributed by atoms with Crippen molar-refractivity contribution in [1.82, 2.24) is 15.5 Å². The van der Waals surface area contributed by atoms with Gasteiger partial charge in [-0.2, -0.15) is 0 Å². The standard InChI is InChI=1S/C36H41N5O16/c1-36(2,3)57-34(50)38-15-21(41-27(44)9-10-28(41)45)31(47)37-12-11-26(43)39-20-13-18(16-52-35(51)40-19-5-4-6-24-30(19)54-17-53-24)7-8-23(20)55-33-29(46)22(42)14-25(56-33)32(48)49/h4-10,13,21-22,25,29,33,42,46H,11-12,14-17H2,1-3H3,(H,37,47)(H,38,50)(H,39,43)(H,40,51)(H,48,49)/t21-,22?,25?,29-,33?/m1/s1. The quantitative estimate of drug-likeness (QED) is 0.130. The molecule has 0 radical (unpaired) electrons. The molecule has 0 saturated carbocycles. The lowest BCUT2D eigenvalue weighted by Crippen LogP contribution is -2.55. The molecule has 3 unspecified atom stereocenters. The van der Waals surface area contributed by atoms with Gasteiger partial charge in [-0.05, 0) is 50.6 Å². The fraction of sp³-hybridized carbons (Fsp3) is 0.417. The highest BCUT2D eigenvalue weighted by atomic mass is 16.7. The summed E-state index contributed by atoms with van der Waals surface area (Å²) in [6, 6.07) is 7.49. The molecule has 3 aliphatic rings. The summed E-state index contributed by atoms with van der Waals surface area (Å²) in [5.41, 5.74) is -0.322. The van der Waals surface area contributed by atoms with Gasteiger partial charge in [0.05, 0.1) is 24.0 Å². The molecule has 306 valence electrons. The number of amides is 6. The second kappa shape index (κ2) is 18.0.